The molecule has 3 aromatic rings. The van der Waals surface area contributed by atoms with E-state index >= 15 is 0 Å². The Labute approximate surface area is 237 Å². The number of allylic oxidation sites excluding steroid dienone is 10. The molecular formula is C40H36. The fraction of sp³-hybridized carbons (Fsp3) is 0.250. The average molecular weight is 517 g/mol. The Hall–Kier alpha value is -3.90. The minimum absolute atomic E-state index is 0.700. The third kappa shape index (κ3) is 3.96. The van der Waals surface area contributed by atoms with Gasteiger partial charge >= 0.3 is 0 Å². The zero-order valence-corrected chi connectivity index (χ0v) is 23.3. The van der Waals surface area contributed by atoms with Crippen molar-refractivity contribution in [3.05, 3.63) is 128 Å². The summed E-state index contributed by atoms with van der Waals surface area (Å²) >= 11 is 0. The average Bonchev–Trinajstić information content (AvgIpc) is 3.03. The summed E-state index contributed by atoms with van der Waals surface area (Å²) in [5, 5.41) is 8.67. The van der Waals surface area contributed by atoms with Gasteiger partial charge in [-0.25, -0.2) is 0 Å². The molecule has 1 atom stereocenters. The molecule has 0 fully saturated rings. The van der Waals surface area contributed by atoms with Gasteiger partial charge < -0.3 is 0 Å². The topological polar surface area (TPSA) is 0 Å². The highest BCUT2D eigenvalue weighted by atomic mass is 14.3. The van der Waals surface area contributed by atoms with Gasteiger partial charge in [-0.15, -0.1) is 0 Å². The molecule has 196 valence electrons. The molecule has 0 heterocycles. The van der Waals surface area contributed by atoms with E-state index in [2.05, 4.69) is 103 Å². The van der Waals surface area contributed by atoms with E-state index in [1.165, 1.54) is 84.3 Å². The van der Waals surface area contributed by atoms with Gasteiger partial charge in [0, 0.05) is 0 Å². The summed E-state index contributed by atoms with van der Waals surface area (Å²) in [4.78, 5) is 0. The van der Waals surface area contributed by atoms with E-state index in [-0.39, 0.29) is 0 Å². The summed E-state index contributed by atoms with van der Waals surface area (Å²) in [6, 6.07) is 18.2. The van der Waals surface area contributed by atoms with Crippen molar-refractivity contribution in [1.82, 2.24) is 0 Å². The lowest BCUT2D eigenvalue weighted by molar-refractivity contribution is 0.572. The molecule has 0 aliphatic heterocycles. The van der Waals surface area contributed by atoms with Gasteiger partial charge in [0.1, 0.15) is 0 Å². The van der Waals surface area contributed by atoms with E-state index in [1.54, 1.807) is 5.57 Å². The smallest absolute Gasteiger partial charge is 0.00700 e. The van der Waals surface area contributed by atoms with Crippen LogP contribution in [-0.2, 0) is 0 Å². The first-order valence-electron chi connectivity index (χ1n) is 15.4. The molecule has 0 saturated carbocycles. The number of fused-ring (bicyclic) bond motifs is 4. The zero-order chi connectivity index (χ0) is 26.5. The van der Waals surface area contributed by atoms with Crippen LogP contribution in [-0.4, -0.2) is 0 Å². The van der Waals surface area contributed by atoms with Gasteiger partial charge in [-0.05, 0) is 134 Å². The summed E-state index contributed by atoms with van der Waals surface area (Å²) < 4.78 is 0. The van der Waals surface area contributed by atoms with Crippen LogP contribution in [0.2, 0.25) is 0 Å². The second kappa shape index (κ2) is 9.93. The molecule has 5 aliphatic rings. The lowest BCUT2D eigenvalue weighted by Crippen LogP contribution is -2.34. The van der Waals surface area contributed by atoms with E-state index in [4.69, 9.17) is 0 Å². The molecule has 0 aromatic heterocycles. The van der Waals surface area contributed by atoms with Gasteiger partial charge in [-0.3, -0.25) is 0 Å². The number of hydrogen-bond donors (Lipinski definition) is 0. The normalized spacial score (nSPS) is 21.4. The summed E-state index contributed by atoms with van der Waals surface area (Å²) in [5.74, 6) is 0.700. The van der Waals surface area contributed by atoms with Gasteiger partial charge in [-0.1, -0.05) is 103 Å². The van der Waals surface area contributed by atoms with Crippen molar-refractivity contribution in [2.24, 2.45) is 5.92 Å². The fourth-order valence-corrected chi connectivity index (χ4v) is 7.88. The monoisotopic (exact) mass is 516 g/mol. The van der Waals surface area contributed by atoms with Crippen LogP contribution in [0.4, 0.5) is 0 Å². The van der Waals surface area contributed by atoms with Gasteiger partial charge in [-0.2, -0.15) is 0 Å². The Kier molecular flexibility index (Phi) is 5.95. The van der Waals surface area contributed by atoms with Crippen LogP contribution in [0.1, 0.15) is 68.9 Å². The van der Waals surface area contributed by atoms with Crippen LogP contribution in [0, 0.1) is 5.92 Å². The largest absolute Gasteiger partial charge is 0.0839 e. The zero-order valence-electron chi connectivity index (χ0n) is 23.3. The first-order valence-corrected chi connectivity index (χ1v) is 15.4. The molecule has 0 N–H and O–H groups in total. The van der Waals surface area contributed by atoms with E-state index in [0.29, 0.717) is 5.92 Å². The standard InChI is InChI=1S/C40H36/c1-2-12-31-26-32(25-20-27(31)10-1)40-37-17-7-5-15-35(37)39(36-16-6-8-18-38(36)40)30-23-21-29(22-24-30)34-19-9-13-28-11-3-4-14-33(28)34/h1-5,7,11-18,21,23,26-27H,6,8-10,19-20,22,24-25H2. The van der Waals surface area contributed by atoms with Crippen molar-refractivity contribution in [3.63, 3.8) is 0 Å². The summed E-state index contributed by atoms with van der Waals surface area (Å²) in [6.07, 6.45) is 32.3. The molecule has 0 radical (unpaired) electrons. The highest BCUT2D eigenvalue weighted by Gasteiger charge is 2.24. The van der Waals surface area contributed by atoms with Crippen LogP contribution in [0.15, 0.2) is 96.1 Å². The van der Waals surface area contributed by atoms with Crippen molar-refractivity contribution in [1.29, 1.82) is 0 Å². The maximum Gasteiger partial charge on any atom is -0.00700 e. The van der Waals surface area contributed by atoms with E-state index in [1.807, 2.05) is 0 Å². The molecular weight excluding hydrogens is 480 g/mol. The minimum atomic E-state index is 0.700. The van der Waals surface area contributed by atoms with Crippen LogP contribution in [0.25, 0.3) is 45.7 Å². The number of hydrogen-bond acceptors (Lipinski definition) is 0. The SMILES string of the molecule is C1=CCC2CCC(c3c4c(c(C5=CC=C(C6=c7ccccc7=CCC6)CC5)c5ccccc35)=CCCC=4)=CC2=C1. The van der Waals surface area contributed by atoms with Crippen molar-refractivity contribution < 1.29 is 0 Å². The third-order valence-corrected chi connectivity index (χ3v) is 9.80. The molecule has 0 spiro atoms. The van der Waals surface area contributed by atoms with Crippen molar-refractivity contribution >= 4 is 45.7 Å². The second-order valence-corrected chi connectivity index (χ2v) is 12.0. The molecule has 0 saturated heterocycles. The first-order chi connectivity index (χ1) is 19.8. The van der Waals surface area contributed by atoms with Gasteiger partial charge in [0.05, 0.1) is 0 Å². The van der Waals surface area contributed by atoms with Crippen LogP contribution in [0.5, 0.6) is 0 Å². The minimum Gasteiger partial charge on any atom is -0.0839 e. The van der Waals surface area contributed by atoms with Crippen molar-refractivity contribution in [2.75, 3.05) is 0 Å². The van der Waals surface area contributed by atoms with Gasteiger partial charge in [0.15, 0.2) is 0 Å². The van der Waals surface area contributed by atoms with Crippen molar-refractivity contribution in [2.45, 2.75) is 57.8 Å². The van der Waals surface area contributed by atoms with E-state index in [9.17, 15) is 0 Å². The molecule has 3 aromatic carbocycles. The Bertz CT molecular complexity index is 1970. The lowest BCUT2D eigenvalue weighted by Gasteiger charge is -2.28. The predicted molar refractivity (Wildman–Crippen MR) is 172 cm³/mol. The highest BCUT2D eigenvalue weighted by molar-refractivity contribution is 6.02. The van der Waals surface area contributed by atoms with E-state index in [0.717, 1.165) is 38.5 Å². The molecule has 0 amide bonds. The van der Waals surface area contributed by atoms with Gasteiger partial charge in [0.2, 0.25) is 0 Å². The molecule has 0 nitrogen and oxygen atoms in total. The molecule has 0 bridgehead atoms. The van der Waals surface area contributed by atoms with Crippen LogP contribution >= 0.6 is 0 Å². The summed E-state index contributed by atoms with van der Waals surface area (Å²) in [7, 11) is 0. The Morgan fingerprint density at radius 3 is 2.12 bits per heavy atom. The van der Waals surface area contributed by atoms with Crippen molar-refractivity contribution in [3.8, 4) is 0 Å². The highest BCUT2D eigenvalue weighted by Crippen LogP contribution is 2.40. The lowest BCUT2D eigenvalue weighted by atomic mass is 9.76. The molecule has 40 heavy (non-hydrogen) atoms. The predicted octanol–water partition coefficient (Wildman–Crippen LogP) is 7.40. The Morgan fingerprint density at radius 1 is 0.600 bits per heavy atom. The number of rotatable bonds is 3. The molecule has 5 aliphatic carbocycles. The van der Waals surface area contributed by atoms with Crippen LogP contribution in [0.3, 0.4) is 0 Å². The second-order valence-electron chi connectivity index (χ2n) is 12.0. The quantitative estimate of drug-likeness (QED) is 0.340. The van der Waals surface area contributed by atoms with E-state index < -0.39 is 0 Å². The molecule has 8 rings (SSSR count). The maximum absolute atomic E-state index is 2.54. The summed E-state index contributed by atoms with van der Waals surface area (Å²) in [6.45, 7) is 0. The van der Waals surface area contributed by atoms with Gasteiger partial charge in [0.25, 0.3) is 0 Å². The fourth-order valence-electron chi connectivity index (χ4n) is 7.88. The number of benzene rings is 3. The van der Waals surface area contributed by atoms with Crippen LogP contribution < -0.4 is 20.9 Å². The Morgan fingerprint density at radius 2 is 1.32 bits per heavy atom. The molecule has 1 unspecified atom stereocenters. The first kappa shape index (κ1) is 23.9. The molecule has 0 heteroatoms. The summed E-state index contributed by atoms with van der Waals surface area (Å²) in [5.41, 5.74) is 10.6. The third-order valence-electron chi connectivity index (χ3n) is 9.80. The Balaban J connectivity index is 1.32. The maximum atomic E-state index is 2.54.